The first-order valence-electron chi connectivity index (χ1n) is 29.3. The summed E-state index contributed by atoms with van der Waals surface area (Å²) < 4.78 is 1.94. The van der Waals surface area contributed by atoms with Crippen LogP contribution in [0.2, 0.25) is 0 Å². The minimum Gasteiger partial charge on any atom is -0.308 e. The highest BCUT2D eigenvalue weighted by molar-refractivity contribution is 9.10. The summed E-state index contributed by atoms with van der Waals surface area (Å²) in [5, 5.41) is 0. The summed E-state index contributed by atoms with van der Waals surface area (Å²) in [5.74, 6) is 1.22. The molecule has 4 nitrogen and oxygen atoms in total. The number of unbranched alkanes of at least 4 members (excludes halogenated alkanes) is 28. The minimum absolute atomic E-state index is 0.00246. The molecule has 0 N–H and O–H groups in total. The van der Waals surface area contributed by atoms with Crippen molar-refractivity contribution in [1.82, 2.24) is 0 Å². The zero-order chi connectivity index (χ0) is 48.6. The number of halogens is 2. The van der Waals surface area contributed by atoms with E-state index in [2.05, 4.69) is 83.8 Å². The normalized spacial score (nSPS) is 14.7. The smallest absolute Gasteiger partial charge is 0.259 e. The molecule has 0 saturated carbocycles. The summed E-state index contributed by atoms with van der Waals surface area (Å²) in [6.45, 7) is 10.6. The van der Waals surface area contributed by atoms with E-state index in [1.807, 2.05) is 21.9 Å². The average Bonchev–Trinajstić information content (AvgIpc) is 3.75. The zero-order valence-electron chi connectivity index (χ0n) is 44.4. The van der Waals surface area contributed by atoms with Crippen LogP contribution in [0.4, 0.5) is 11.4 Å². The molecule has 6 heteroatoms. The van der Waals surface area contributed by atoms with Crippen LogP contribution in [0.15, 0.2) is 45.3 Å². The Labute approximate surface area is 436 Å². The highest BCUT2D eigenvalue weighted by Gasteiger charge is 2.42. The maximum Gasteiger partial charge on any atom is 0.259 e. The van der Waals surface area contributed by atoms with Gasteiger partial charge in [0.05, 0.1) is 22.5 Å². The molecule has 2 amide bonds. The molecular formula is C62H100Br2N2O2. The number of amides is 2. The van der Waals surface area contributed by atoms with E-state index in [0.717, 1.165) is 44.3 Å². The molecule has 2 aliphatic rings. The molecule has 2 aliphatic heterocycles. The van der Waals surface area contributed by atoms with Crippen molar-refractivity contribution in [2.45, 2.75) is 272 Å². The van der Waals surface area contributed by atoms with E-state index in [4.69, 9.17) is 0 Å². The van der Waals surface area contributed by atoms with Crippen molar-refractivity contribution in [3.63, 3.8) is 0 Å². The fraction of sp³-hybridized carbons (Fsp3) is 0.742. The number of benzene rings is 2. The van der Waals surface area contributed by atoms with Crippen molar-refractivity contribution < 1.29 is 9.59 Å². The first kappa shape index (κ1) is 58.6. The molecule has 0 aromatic heterocycles. The summed E-state index contributed by atoms with van der Waals surface area (Å²) in [5.41, 5.74) is 4.90. The van der Waals surface area contributed by atoms with Crippen LogP contribution in [0.1, 0.15) is 283 Å². The summed E-state index contributed by atoms with van der Waals surface area (Å²) in [6.07, 6.45) is 50.0. The van der Waals surface area contributed by atoms with Gasteiger partial charge in [0.15, 0.2) is 0 Å². The van der Waals surface area contributed by atoms with E-state index in [-0.39, 0.29) is 11.8 Å². The van der Waals surface area contributed by atoms with E-state index in [1.165, 1.54) is 231 Å². The number of carbonyl (C=O) groups is 2. The van der Waals surface area contributed by atoms with Crippen molar-refractivity contribution in [3.8, 4) is 0 Å². The van der Waals surface area contributed by atoms with Crippen LogP contribution < -0.4 is 9.80 Å². The monoisotopic (exact) mass is 1060 g/mol. The lowest BCUT2D eigenvalue weighted by Crippen LogP contribution is -2.31. The topological polar surface area (TPSA) is 40.6 Å². The van der Waals surface area contributed by atoms with E-state index in [9.17, 15) is 0 Å². The van der Waals surface area contributed by atoms with E-state index in [1.54, 1.807) is 0 Å². The van der Waals surface area contributed by atoms with Crippen LogP contribution in [0.3, 0.4) is 0 Å². The number of fused-ring (bicyclic) bond motifs is 2. The molecule has 0 atom stereocenters. The molecule has 0 bridgehead atoms. The van der Waals surface area contributed by atoms with Gasteiger partial charge in [0.2, 0.25) is 0 Å². The maximum atomic E-state index is 15.0. The van der Waals surface area contributed by atoms with Crippen LogP contribution in [0.25, 0.3) is 11.1 Å². The first-order valence-corrected chi connectivity index (χ1v) is 30.9. The number of carbonyl (C=O) groups excluding carboxylic acids is 2. The van der Waals surface area contributed by atoms with Crippen molar-refractivity contribution in [1.29, 1.82) is 0 Å². The van der Waals surface area contributed by atoms with Crippen molar-refractivity contribution >= 4 is 66.2 Å². The Hall–Kier alpha value is -1.92. The SMILES string of the molecule is CCCCCCCCCCC(CCCCCCCCCC)CCN1C(=O)/C(=C2/C(=O)N(CCC(CCCCCCCCCC)CCCCCCCCCC)c3cc(Br)ccc32)c2ccc(Br)cc21. The Kier molecular flexibility index (Phi) is 31.1. The first-order chi connectivity index (χ1) is 33.3. The Morgan fingerprint density at radius 2 is 0.603 bits per heavy atom. The second kappa shape index (κ2) is 36.1. The largest absolute Gasteiger partial charge is 0.308 e. The minimum atomic E-state index is -0.00246. The Balaban J connectivity index is 1.48. The molecule has 68 heavy (non-hydrogen) atoms. The van der Waals surface area contributed by atoms with Crippen molar-refractivity contribution in [3.05, 3.63) is 56.5 Å². The summed E-state index contributed by atoms with van der Waals surface area (Å²) >= 11 is 7.53. The highest BCUT2D eigenvalue weighted by atomic mass is 79.9. The van der Waals surface area contributed by atoms with Gasteiger partial charge < -0.3 is 9.80 Å². The highest BCUT2D eigenvalue weighted by Crippen LogP contribution is 2.48. The standard InChI is InChI=1S/C62H100Br2N2O2/c1-5-9-13-17-21-25-29-33-37-51(38-34-30-26-22-18-14-10-6-2)45-47-65-57-49-53(63)41-43-55(57)59(61(65)67)60-56-44-42-54(64)50-58(56)66(62(60)68)48-46-52(39-35-31-27-23-19-15-11-7-3)40-36-32-28-24-20-16-12-8-4/h41-44,49-52H,5-40,45-48H2,1-4H3/b60-59+. The molecule has 0 radical (unpaired) electrons. The second-order valence-electron chi connectivity index (χ2n) is 21.4. The molecule has 0 fully saturated rings. The van der Waals surface area contributed by atoms with Gasteiger partial charge in [-0.3, -0.25) is 9.59 Å². The summed E-state index contributed by atoms with van der Waals surface area (Å²) in [7, 11) is 0. The van der Waals surface area contributed by atoms with Gasteiger partial charge in [-0.05, 0) is 48.9 Å². The van der Waals surface area contributed by atoms with Gasteiger partial charge in [0.25, 0.3) is 11.8 Å². The third kappa shape index (κ3) is 21.0. The summed E-state index contributed by atoms with van der Waals surface area (Å²) in [6, 6.07) is 12.5. The number of anilines is 2. The van der Waals surface area contributed by atoms with Crippen LogP contribution in [-0.2, 0) is 9.59 Å². The van der Waals surface area contributed by atoms with Crippen molar-refractivity contribution in [2.75, 3.05) is 22.9 Å². The predicted octanol–water partition coefficient (Wildman–Crippen LogP) is 21.0. The molecule has 0 unspecified atom stereocenters. The second-order valence-corrected chi connectivity index (χ2v) is 23.2. The van der Waals surface area contributed by atoms with Crippen molar-refractivity contribution in [2.24, 2.45) is 11.8 Å². The molecule has 2 heterocycles. The van der Waals surface area contributed by atoms with Crippen LogP contribution in [-0.4, -0.2) is 24.9 Å². The lowest BCUT2D eigenvalue weighted by molar-refractivity contribution is -0.114. The third-order valence-electron chi connectivity index (χ3n) is 15.6. The van der Waals surface area contributed by atoms with Gasteiger partial charge >= 0.3 is 0 Å². The number of hydrogen-bond acceptors (Lipinski definition) is 2. The molecule has 2 aromatic rings. The fourth-order valence-electron chi connectivity index (χ4n) is 11.3. The van der Waals surface area contributed by atoms with Crippen LogP contribution >= 0.6 is 31.9 Å². The Bertz CT molecular complexity index is 1560. The van der Waals surface area contributed by atoms with E-state index in [0.29, 0.717) is 36.1 Å². The maximum absolute atomic E-state index is 15.0. The van der Waals surface area contributed by atoms with Crippen LogP contribution in [0, 0.1) is 11.8 Å². The Morgan fingerprint density at radius 3 is 0.868 bits per heavy atom. The van der Waals surface area contributed by atoms with Gasteiger partial charge in [-0.25, -0.2) is 0 Å². The zero-order valence-corrected chi connectivity index (χ0v) is 47.5. The molecule has 0 spiro atoms. The van der Waals surface area contributed by atoms with Crippen LogP contribution in [0.5, 0.6) is 0 Å². The molecular weight excluding hydrogens is 965 g/mol. The number of hydrogen-bond donors (Lipinski definition) is 0. The van der Waals surface area contributed by atoms with Gasteiger partial charge in [-0.15, -0.1) is 0 Å². The lowest BCUT2D eigenvalue weighted by Gasteiger charge is -2.23. The summed E-state index contributed by atoms with van der Waals surface area (Å²) in [4.78, 5) is 34.2. The number of nitrogens with zero attached hydrogens (tertiary/aromatic N) is 2. The molecule has 0 aliphatic carbocycles. The quantitative estimate of drug-likeness (QED) is 0.0491. The molecule has 384 valence electrons. The third-order valence-corrected chi connectivity index (χ3v) is 16.6. The van der Waals surface area contributed by atoms with Gasteiger partial charge in [-0.2, -0.15) is 0 Å². The average molecular weight is 1070 g/mol. The van der Waals surface area contributed by atoms with Gasteiger partial charge in [0, 0.05) is 33.2 Å². The lowest BCUT2D eigenvalue weighted by atomic mass is 9.91. The fourth-order valence-corrected chi connectivity index (χ4v) is 12.0. The predicted molar refractivity (Wildman–Crippen MR) is 305 cm³/mol. The van der Waals surface area contributed by atoms with Gasteiger partial charge in [-0.1, -0.05) is 303 Å². The Morgan fingerprint density at radius 1 is 0.353 bits per heavy atom. The van der Waals surface area contributed by atoms with E-state index < -0.39 is 0 Å². The number of rotatable bonds is 42. The molecule has 0 saturated heterocycles. The molecule has 2 aromatic carbocycles. The molecule has 4 rings (SSSR count). The van der Waals surface area contributed by atoms with E-state index >= 15 is 9.59 Å². The van der Waals surface area contributed by atoms with Gasteiger partial charge in [0.1, 0.15) is 0 Å².